The molecule has 5 nitrogen and oxygen atoms in total. The SMILES string of the molecule is CCN1CC(C(=O)N2CCCC2CN)CC1=O.Cl. The zero-order valence-electron chi connectivity index (χ0n) is 10.8. The predicted molar refractivity (Wildman–Crippen MR) is 71.4 cm³/mol. The van der Waals surface area contributed by atoms with Crippen molar-refractivity contribution in [3.63, 3.8) is 0 Å². The Morgan fingerprint density at radius 1 is 1.50 bits per heavy atom. The molecule has 2 atom stereocenters. The van der Waals surface area contributed by atoms with Gasteiger partial charge in [0.1, 0.15) is 0 Å². The largest absolute Gasteiger partial charge is 0.342 e. The molecule has 6 heteroatoms. The molecule has 2 amide bonds. The second-order valence-electron chi connectivity index (χ2n) is 4.90. The van der Waals surface area contributed by atoms with Gasteiger partial charge in [0.25, 0.3) is 0 Å². The molecule has 104 valence electrons. The predicted octanol–water partition coefficient (Wildman–Crippen LogP) is 0.226. The summed E-state index contributed by atoms with van der Waals surface area (Å²) in [6, 6.07) is 0.188. The topological polar surface area (TPSA) is 66.6 Å². The van der Waals surface area contributed by atoms with Crippen molar-refractivity contribution in [1.29, 1.82) is 0 Å². The normalized spacial score (nSPS) is 27.6. The van der Waals surface area contributed by atoms with Gasteiger partial charge < -0.3 is 15.5 Å². The fourth-order valence-electron chi connectivity index (χ4n) is 2.85. The van der Waals surface area contributed by atoms with Crippen LogP contribution in [0, 0.1) is 5.92 Å². The van der Waals surface area contributed by atoms with E-state index in [2.05, 4.69) is 0 Å². The van der Waals surface area contributed by atoms with E-state index in [0.717, 1.165) is 19.4 Å². The van der Waals surface area contributed by atoms with Crippen LogP contribution in [0.15, 0.2) is 0 Å². The van der Waals surface area contributed by atoms with Gasteiger partial charge >= 0.3 is 0 Å². The van der Waals surface area contributed by atoms with Crippen LogP contribution in [0.5, 0.6) is 0 Å². The van der Waals surface area contributed by atoms with E-state index in [1.807, 2.05) is 11.8 Å². The van der Waals surface area contributed by atoms with E-state index in [1.54, 1.807) is 4.90 Å². The highest BCUT2D eigenvalue weighted by Crippen LogP contribution is 2.24. The lowest BCUT2D eigenvalue weighted by Crippen LogP contribution is -2.43. The summed E-state index contributed by atoms with van der Waals surface area (Å²) in [5, 5.41) is 0. The smallest absolute Gasteiger partial charge is 0.228 e. The molecule has 0 aliphatic carbocycles. The highest BCUT2D eigenvalue weighted by atomic mass is 35.5. The standard InChI is InChI=1S/C12H21N3O2.ClH/c1-2-14-8-9(6-11(14)16)12(17)15-5-3-4-10(15)7-13;/h9-10H,2-8,13H2,1H3;1H. The Balaban J connectivity index is 0.00000162. The maximum absolute atomic E-state index is 12.3. The summed E-state index contributed by atoms with van der Waals surface area (Å²) >= 11 is 0. The number of likely N-dealkylation sites (tertiary alicyclic amines) is 2. The fourth-order valence-corrected chi connectivity index (χ4v) is 2.85. The zero-order chi connectivity index (χ0) is 12.4. The van der Waals surface area contributed by atoms with Crippen molar-refractivity contribution in [2.45, 2.75) is 32.2 Å². The maximum atomic E-state index is 12.3. The van der Waals surface area contributed by atoms with Gasteiger partial charge in [-0.2, -0.15) is 0 Å². The second kappa shape index (κ2) is 6.38. The molecule has 2 heterocycles. The zero-order valence-corrected chi connectivity index (χ0v) is 11.6. The van der Waals surface area contributed by atoms with E-state index >= 15 is 0 Å². The third-order valence-electron chi connectivity index (χ3n) is 3.88. The van der Waals surface area contributed by atoms with Crippen molar-refractivity contribution < 1.29 is 9.59 Å². The van der Waals surface area contributed by atoms with Crippen LogP contribution < -0.4 is 5.73 Å². The van der Waals surface area contributed by atoms with Crippen LogP contribution in [0.3, 0.4) is 0 Å². The third-order valence-corrected chi connectivity index (χ3v) is 3.88. The highest BCUT2D eigenvalue weighted by Gasteiger charge is 2.38. The number of halogens is 1. The number of rotatable bonds is 3. The molecule has 0 bridgehead atoms. The van der Waals surface area contributed by atoms with Crippen LogP contribution in [0.4, 0.5) is 0 Å². The Kier molecular flexibility index (Phi) is 5.41. The Labute approximate surface area is 114 Å². The van der Waals surface area contributed by atoms with Gasteiger partial charge in [-0.25, -0.2) is 0 Å². The lowest BCUT2D eigenvalue weighted by molar-refractivity contribution is -0.136. The van der Waals surface area contributed by atoms with Gasteiger partial charge in [0.15, 0.2) is 0 Å². The molecule has 0 spiro atoms. The van der Waals surface area contributed by atoms with E-state index in [4.69, 9.17) is 5.73 Å². The van der Waals surface area contributed by atoms with E-state index in [0.29, 0.717) is 26.1 Å². The van der Waals surface area contributed by atoms with Crippen LogP contribution in [0.1, 0.15) is 26.2 Å². The van der Waals surface area contributed by atoms with Crippen molar-refractivity contribution in [2.75, 3.05) is 26.2 Å². The van der Waals surface area contributed by atoms with Crippen LogP contribution in [0.2, 0.25) is 0 Å². The van der Waals surface area contributed by atoms with Crippen molar-refractivity contribution in [3.05, 3.63) is 0 Å². The lowest BCUT2D eigenvalue weighted by atomic mass is 10.1. The monoisotopic (exact) mass is 275 g/mol. The van der Waals surface area contributed by atoms with Crippen molar-refractivity contribution in [2.24, 2.45) is 11.7 Å². The van der Waals surface area contributed by atoms with Crippen LogP contribution in [0.25, 0.3) is 0 Å². The first-order valence-corrected chi connectivity index (χ1v) is 6.45. The summed E-state index contributed by atoms with van der Waals surface area (Å²) in [6.45, 7) is 4.57. The van der Waals surface area contributed by atoms with E-state index in [-0.39, 0.29) is 36.2 Å². The molecule has 2 aliphatic heterocycles. The molecule has 2 saturated heterocycles. The Bertz CT molecular complexity index is 324. The fraction of sp³-hybridized carbons (Fsp3) is 0.833. The molecular weight excluding hydrogens is 254 g/mol. The molecule has 18 heavy (non-hydrogen) atoms. The third kappa shape index (κ3) is 2.78. The lowest BCUT2D eigenvalue weighted by Gasteiger charge is -2.26. The minimum atomic E-state index is -0.144. The quantitative estimate of drug-likeness (QED) is 0.802. The van der Waals surface area contributed by atoms with Crippen molar-refractivity contribution in [1.82, 2.24) is 9.80 Å². The van der Waals surface area contributed by atoms with Gasteiger partial charge in [0.05, 0.1) is 5.92 Å². The van der Waals surface area contributed by atoms with Gasteiger partial charge in [-0.15, -0.1) is 12.4 Å². The number of hydrogen-bond donors (Lipinski definition) is 1. The molecule has 2 aliphatic rings. The summed E-state index contributed by atoms with van der Waals surface area (Å²) < 4.78 is 0. The molecule has 0 aromatic rings. The summed E-state index contributed by atoms with van der Waals surface area (Å²) in [4.78, 5) is 27.6. The van der Waals surface area contributed by atoms with E-state index < -0.39 is 0 Å². The first-order valence-electron chi connectivity index (χ1n) is 6.45. The summed E-state index contributed by atoms with van der Waals surface area (Å²) in [6.07, 6.45) is 2.41. The number of carbonyl (C=O) groups is 2. The Hall–Kier alpha value is -0.810. The molecule has 0 saturated carbocycles. The number of nitrogens with two attached hydrogens (primary N) is 1. The van der Waals surface area contributed by atoms with Gasteiger partial charge in [0.2, 0.25) is 11.8 Å². The van der Waals surface area contributed by atoms with Gasteiger partial charge in [0, 0.05) is 38.6 Å². The minimum absolute atomic E-state index is 0. The van der Waals surface area contributed by atoms with Crippen LogP contribution in [-0.4, -0.2) is 53.8 Å². The first kappa shape index (κ1) is 15.2. The van der Waals surface area contributed by atoms with Crippen molar-refractivity contribution in [3.8, 4) is 0 Å². The van der Waals surface area contributed by atoms with Crippen LogP contribution in [-0.2, 0) is 9.59 Å². The number of hydrogen-bond acceptors (Lipinski definition) is 3. The van der Waals surface area contributed by atoms with Crippen LogP contribution >= 0.6 is 12.4 Å². The highest BCUT2D eigenvalue weighted by molar-refractivity contribution is 5.89. The van der Waals surface area contributed by atoms with Gasteiger partial charge in [-0.05, 0) is 19.8 Å². The van der Waals surface area contributed by atoms with Gasteiger partial charge in [-0.1, -0.05) is 0 Å². The molecule has 2 N–H and O–H groups in total. The number of nitrogens with zero attached hydrogens (tertiary/aromatic N) is 2. The average molecular weight is 276 g/mol. The molecular formula is C12H22ClN3O2. The Morgan fingerprint density at radius 2 is 2.22 bits per heavy atom. The summed E-state index contributed by atoms with van der Waals surface area (Å²) in [5.74, 6) is 0.0891. The molecule has 0 radical (unpaired) electrons. The molecule has 0 aromatic heterocycles. The second-order valence-corrected chi connectivity index (χ2v) is 4.90. The first-order chi connectivity index (χ1) is 8.17. The Morgan fingerprint density at radius 3 is 2.78 bits per heavy atom. The molecule has 0 aromatic carbocycles. The van der Waals surface area contributed by atoms with Crippen molar-refractivity contribution >= 4 is 24.2 Å². The molecule has 2 unspecified atom stereocenters. The number of amides is 2. The average Bonchev–Trinajstić information content (AvgIpc) is 2.93. The molecule has 2 rings (SSSR count). The summed E-state index contributed by atoms with van der Waals surface area (Å²) in [5.41, 5.74) is 5.67. The summed E-state index contributed by atoms with van der Waals surface area (Å²) in [7, 11) is 0. The van der Waals surface area contributed by atoms with E-state index in [9.17, 15) is 9.59 Å². The molecule has 2 fully saturated rings. The number of carbonyl (C=O) groups excluding carboxylic acids is 2. The minimum Gasteiger partial charge on any atom is -0.342 e. The maximum Gasteiger partial charge on any atom is 0.228 e. The van der Waals surface area contributed by atoms with Gasteiger partial charge in [-0.3, -0.25) is 9.59 Å². The van der Waals surface area contributed by atoms with E-state index in [1.165, 1.54) is 0 Å².